The van der Waals surface area contributed by atoms with E-state index in [-0.39, 0.29) is 11.8 Å². The predicted octanol–water partition coefficient (Wildman–Crippen LogP) is 2.06. The standard InChI is InChI=1S/C16H20FN3O2/c1-9(10-2-3-10)14(17)16(21)20-6-11(7-20)15-12-8-22-5-4-13(12)18-19-15/h10-11H,2-8H2,1H3,(H,18,19). The van der Waals surface area contributed by atoms with Crippen molar-refractivity contribution in [3.05, 3.63) is 28.4 Å². The van der Waals surface area contributed by atoms with Gasteiger partial charge in [0.2, 0.25) is 0 Å². The summed E-state index contributed by atoms with van der Waals surface area (Å²) in [5.41, 5.74) is 3.89. The van der Waals surface area contributed by atoms with Crippen LogP contribution in [0.1, 0.15) is 42.6 Å². The molecule has 1 aromatic rings. The molecule has 118 valence electrons. The third-order valence-electron chi connectivity index (χ3n) is 5.01. The number of hydrogen-bond donors (Lipinski definition) is 1. The van der Waals surface area contributed by atoms with Crippen LogP contribution in [0.2, 0.25) is 0 Å². The zero-order valence-corrected chi connectivity index (χ0v) is 12.7. The Hall–Kier alpha value is -1.69. The molecule has 1 saturated carbocycles. The second-order valence-corrected chi connectivity index (χ2v) is 6.55. The fraction of sp³-hybridized carbons (Fsp3) is 0.625. The summed E-state index contributed by atoms with van der Waals surface area (Å²) >= 11 is 0. The Kier molecular flexibility index (Phi) is 3.29. The molecule has 1 aliphatic carbocycles. The van der Waals surface area contributed by atoms with E-state index < -0.39 is 11.7 Å². The first kappa shape index (κ1) is 13.9. The number of nitrogens with zero attached hydrogens (tertiary/aromatic N) is 2. The average molecular weight is 305 g/mol. The van der Waals surface area contributed by atoms with Crippen molar-refractivity contribution in [2.75, 3.05) is 19.7 Å². The van der Waals surface area contributed by atoms with Gasteiger partial charge in [0.25, 0.3) is 5.91 Å². The second kappa shape index (κ2) is 5.19. The summed E-state index contributed by atoms with van der Waals surface area (Å²) in [6, 6.07) is 0. The van der Waals surface area contributed by atoms with E-state index in [1.807, 2.05) is 0 Å². The van der Waals surface area contributed by atoms with E-state index >= 15 is 0 Å². The summed E-state index contributed by atoms with van der Waals surface area (Å²) in [7, 11) is 0. The molecule has 2 aliphatic heterocycles. The van der Waals surface area contributed by atoms with Crippen molar-refractivity contribution < 1.29 is 13.9 Å². The summed E-state index contributed by atoms with van der Waals surface area (Å²) in [4.78, 5) is 13.7. The van der Waals surface area contributed by atoms with Crippen molar-refractivity contribution in [1.29, 1.82) is 0 Å². The number of aromatic nitrogens is 2. The summed E-state index contributed by atoms with van der Waals surface area (Å²) in [6.07, 6.45) is 2.87. The number of rotatable bonds is 3. The van der Waals surface area contributed by atoms with Crippen molar-refractivity contribution in [2.24, 2.45) is 5.92 Å². The zero-order chi connectivity index (χ0) is 15.3. The van der Waals surface area contributed by atoms with Crippen molar-refractivity contribution in [3.63, 3.8) is 0 Å². The number of fused-ring (bicyclic) bond motifs is 1. The Morgan fingerprint density at radius 3 is 2.91 bits per heavy atom. The SMILES string of the molecule is CC(=C(F)C(=O)N1CC(c2n[nH]c3c2COCC3)C1)C1CC1. The minimum Gasteiger partial charge on any atom is -0.376 e. The molecule has 0 aromatic carbocycles. The largest absolute Gasteiger partial charge is 0.376 e. The van der Waals surface area contributed by atoms with Gasteiger partial charge >= 0.3 is 0 Å². The van der Waals surface area contributed by atoms with E-state index in [2.05, 4.69) is 10.2 Å². The molecular weight excluding hydrogens is 285 g/mol. The van der Waals surface area contributed by atoms with Gasteiger partial charge in [0, 0.05) is 36.7 Å². The molecule has 1 amide bonds. The van der Waals surface area contributed by atoms with E-state index in [1.54, 1.807) is 11.8 Å². The quantitative estimate of drug-likeness (QED) is 0.870. The molecule has 2 fully saturated rings. The highest BCUT2D eigenvalue weighted by molar-refractivity contribution is 5.92. The highest BCUT2D eigenvalue weighted by Crippen LogP contribution is 2.39. The fourth-order valence-corrected chi connectivity index (χ4v) is 3.29. The van der Waals surface area contributed by atoms with Crippen LogP contribution in [0, 0.1) is 5.92 Å². The van der Waals surface area contributed by atoms with Crippen molar-refractivity contribution in [3.8, 4) is 0 Å². The van der Waals surface area contributed by atoms with Crippen LogP contribution in [0.25, 0.3) is 0 Å². The summed E-state index contributed by atoms with van der Waals surface area (Å²) in [6.45, 7) is 4.13. The van der Waals surface area contributed by atoms with Gasteiger partial charge in [0.1, 0.15) is 0 Å². The zero-order valence-electron chi connectivity index (χ0n) is 12.7. The molecule has 0 unspecified atom stereocenters. The van der Waals surface area contributed by atoms with Crippen LogP contribution >= 0.6 is 0 Å². The fourth-order valence-electron chi connectivity index (χ4n) is 3.29. The number of carbonyl (C=O) groups is 1. The molecule has 1 saturated heterocycles. The maximum atomic E-state index is 14.1. The van der Waals surface area contributed by atoms with E-state index in [0.29, 0.717) is 25.3 Å². The highest BCUT2D eigenvalue weighted by atomic mass is 19.1. The van der Waals surface area contributed by atoms with Gasteiger partial charge in [-0.05, 0) is 31.3 Å². The van der Waals surface area contributed by atoms with Crippen molar-refractivity contribution in [1.82, 2.24) is 15.1 Å². The Morgan fingerprint density at radius 2 is 2.18 bits per heavy atom. The van der Waals surface area contributed by atoms with Crippen LogP contribution in [-0.4, -0.2) is 40.7 Å². The minimum atomic E-state index is -0.548. The molecule has 6 heteroatoms. The molecule has 3 heterocycles. The number of nitrogens with one attached hydrogen (secondary N) is 1. The molecule has 0 spiro atoms. The molecule has 3 aliphatic rings. The van der Waals surface area contributed by atoms with Crippen molar-refractivity contribution >= 4 is 5.91 Å². The lowest BCUT2D eigenvalue weighted by atomic mass is 9.91. The third-order valence-corrected chi connectivity index (χ3v) is 5.01. The van der Waals surface area contributed by atoms with Gasteiger partial charge in [0.05, 0.1) is 18.9 Å². The average Bonchev–Trinajstić information content (AvgIpc) is 3.26. The Bertz CT molecular complexity index is 642. The molecule has 5 nitrogen and oxygen atoms in total. The normalized spacial score (nSPS) is 22.9. The molecule has 0 radical (unpaired) electrons. The number of aromatic amines is 1. The van der Waals surface area contributed by atoms with Gasteiger partial charge < -0.3 is 9.64 Å². The second-order valence-electron chi connectivity index (χ2n) is 6.55. The van der Waals surface area contributed by atoms with Gasteiger partial charge in [-0.1, -0.05) is 0 Å². The molecular formula is C16H20FN3O2. The topological polar surface area (TPSA) is 58.2 Å². The maximum absolute atomic E-state index is 14.1. The van der Waals surface area contributed by atoms with Gasteiger partial charge in [-0.25, -0.2) is 4.39 Å². The molecule has 0 bridgehead atoms. The summed E-state index contributed by atoms with van der Waals surface area (Å²) < 4.78 is 19.6. The molecule has 1 aromatic heterocycles. The number of halogens is 1. The summed E-state index contributed by atoms with van der Waals surface area (Å²) in [5.74, 6) is -0.522. The molecule has 22 heavy (non-hydrogen) atoms. The number of likely N-dealkylation sites (tertiary alicyclic amines) is 1. The monoisotopic (exact) mass is 305 g/mol. The molecule has 0 atom stereocenters. The van der Waals surface area contributed by atoms with Gasteiger partial charge in [0.15, 0.2) is 5.83 Å². The lowest BCUT2D eigenvalue weighted by molar-refractivity contribution is -0.133. The van der Waals surface area contributed by atoms with E-state index in [0.717, 1.165) is 42.8 Å². The number of carbonyl (C=O) groups excluding carboxylic acids is 1. The predicted molar refractivity (Wildman–Crippen MR) is 77.8 cm³/mol. The molecule has 4 rings (SSSR count). The number of H-pyrrole nitrogens is 1. The lowest BCUT2D eigenvalue weighted by Gasteiger charge is -2.38. The third kappa shape index (κ3) is 2.26. The smallest absolute Gasteiger partial charge is 0.282 e. The van der Waals surface area contributed by atoms with Gasteiger partial charge in [-0.15, -0.1) is 0 Å². The first-order valence-corrected chi connectivity index (χ1v) is 7.94. The van der Waals surface area contributed by atoms with E-state index in [9.17, 15) is 9.18 Å². The number of ether oxygens (including phenoxy) is 1. The molecule has 1 N–H and O–H groups in total. The maximum Gasteiger partial charge on any atom is 0.282 e. The van der Waals surface area contributed by atoms with Crippen LogP contribution < -0.4 is 0 Å². The van der Waals surface area contributed by atoms with Gasteiger partial charge in [-0.2, -0.15) is 5.10 Å². The Balaban J connectivity index is 1.43. The first-order chi connectivity index (χ1) is 10.6. The number of hydrogen-bond acceptors (Lipinski definition) is 3. The van der Waals surface area contributed by atoms with Gasteiger partial charge in [-0.3, -0.25) is 9.89 Å². The Labute approximate surface area is 128 Å². The van der Waals surface area contributed by atoms with E-state index in [4.69, 9.17) is 4.74 Å². The van der Waals surface area contributed by atoms with Crippen molar-refractivity contribution in [2.45, 2.75) is 38.7 Å². The summed E-state index contributed by atoms with van der Waals surface area (Å²) in [5, 5.41) is 7.45. The first-order valence-electron chi connectivity index (χ1n) is 7.94. The number of allylic oxidation sites excluding steroid dienone is 1. The minimum absolute atomic E-state index is 0.194. The Morgan fingerprint density at radius 1 is 1.41 bits per heavy atom. The lowest BCUT2D eigenvalue weighted by Crippen LogP contribution is -2.49. The van der Waals surface area contributed by atoms with E-state index in [1.165, 1.54) is 0 Å². The van der Waals surface area contributed by atoms with Crippen LogP contribution in [0.3, 0.4) is 0 Å². The van der Waals surface area contributed by atoms with Crippen LogP contribution in [0.15, 0.2) is 11.4 Å². The van der Waals surface area contributed by atoms with Crippen LogP contribution in [-0.2, 0) is 22.6 Å². The number of amides is 1. The van der Waals surface area contributed by atoms with Crippen LogP contribution in [0.5, 0.6) is 0 Å². The van der Waals surface area contributed by atoms with Crippen LogP contribution in [0.4, 0.5) is 4.39 Å². The highest BCUT2D eigenvalue weighted by Gasteiger charge is 2.38.